The Morgan fingerprint density at radius 3 is 2.17 bits per heavy atom. The van der Waals surface area contributed by atoms with Crippen LogP contribution in [0.3, 0.4) is 0 Å². The molecule has 29 heavy (non-hydrogen) atoms. The van der Waals surface area contributed by atoms with Gasteiger partial charge in [-0.1, -0.05) is 27.7 Å². The maximum absolute atomic E-state index is 13.5. The molecule has 0 aromatic heterocycles. The van der Waals surface area contributed by atoms with Gasteiger partial charge in [-0.05, 0) is 31.7 Å². The summed E-state index contributed by atoms with van der Waals surface area (Å²) < 4.78 is 44.1. The van der Waals surface area contributed by atoms with Crippen molar-refractivity contribution in [2.24, 2.45) is 0 Å². The first kappa shape index (κ1) is 25.5. The van der Waals surface area contributed by atoms with Gasteiger partial charge >= 0.3 is 5.97 Å². The molecule has 0 amide bonds. The van der Waals surface area contributed by atoms with Gasteiger partial charge in [-0.15, -0.1) is 0 Å². The molecule has 2 atom stereocenters. The van der Waals surface area contributed by atoms with Gasteiger partial charge in [0.05, 0.1) is 25.7 Å². The summed E-state index contributed by atoms with van der Waals surface area (Å²) in [7, 11) is 1.04. The van der Waals surface area contributed by atoms with Crippen LogP contribution in [0.25, 0.3) is 0 Å². The molecule has 0 spiro atoms. The van der Waals surface area contributed by atoms with Gasteiger partial charge < -0.3 is 13.9 Å². The highest BCUT2D eigenvalue weighted by Gasteiger charge is 2.42. The van der Waals surface area contributed by atoms with E-state index in [1.54, 1.807) is 0 Å². The molecule has 0 heterocycles. The Hall–Kier alpha value is -1.51. The Balaban J connectivity index is 3.14. The number of ether oxygens (including phenoxy) is 2. The fourth-order valence-corrected chi connectivity index (χ4v) is 3.96. The van der Waals surface area contributed by atoms with Crippen LogP contribution in [0.15, 0.2) is 18.2 Å². The second-order valence-corrected chi connectivity index (χ2v) is 13.5. The summed E-state index contributed by atoms with van der Waals surface area (Å²) in [4.78, 5) is 14.1. The molecule has 1 rings (SSSR count). The van der Waals surface area contributed by atoms with E-state index >= 15 is 0 Å². The summed E-state index contributed by atoms with van der Waals surface area (Å²) in [6.45, 7) is 13.4. The average molecular weight is 432 g/mol. The van der Waals surface area contributed by atoms with Crippen molar-refractivity contribution in [3.8, 4) is 5.75 Å². The van der Waals surface area contributed by atoms with E-state index in [9.17, 15) is 13.6 Å². The van der Waals surface area contributed by atoms with Crippen LogP contribution < -0.4 is 4.74 Å². The standard InChI is InChI=1S/C21H35F2NO4Si/c1-9-24(5)18(14-27-17-11-15(22)10-16(23)12-17)19(13-20(25)26-6)28-29(7,8)21(2,3)4/h10-12,18-19H,9,13-14H2,1-8H3. The van der Waals surface area contributed by atoms with E-state index < -0.39 is 26.1 Å². The summed E-state index contributed by atoms with van der Waals surface area (Å²) in [6.07, 6.45) is -0.412. The Bertz CT molecular complexity index is 659. The quantitative estimate of drug-likeness (QED) is 0.400. The summed E-state index contributed by atoms with van der Waals surface area (Å²) in [5.41, 5.74) is 0. The lowest BCUT2D eigenvalue weighted by Gasteiger charge is -2.43. The van der Waals surface area contributed by atoms with Crippen molar-refractivity contribution in [1.82, 2.24) is 4.90 Å². The van der Waals surface area contributed by atoms with E-state index in [1.165, 1.54) is 7.11 Å². The number of esters is 1. The van der Waals surface area contributed by atoms with Gasteiger partial charge in [-0.2, -0.15) is 0 Å². The first-order valence-electron chi connectivity index (χ1n) is 9.84. The van der Waals surface area contributed by atoms with Crippen LogP contribution in [0.1, 0.15) is 34.1 Å². The maximum Gasteiger partial charge on any atom is 0.308 e. The molecule has 5 nitrogen and oxygen atoms in total. The second-order valence-electron chi connectivity index (χ2n) is 8.75. The topological polar surface area (TPSA) is 48.0 Å². The molecule has 0 saturated carbocycles. The van der Waals surface area contributed by atoms with Gasteiger partial charge in [0.15, 0.2) is 8.32 Å². The number of nitrogens with zero attached hydrogens (tertiary/aromatic N) is 1. The zero-order valence-corrected chi connectivity index (χ0v) is 19.8. The summed E-state index contributed by atoms with van der Waals surface area (Å²) in [5, 5.41) is -0.0523. The molecule has 0 fully saturated rings. The molecule has 1 aromatic carbocycles. The van der Waals surface area contributed by atoms with Crippen LogP contribution in [0.2, 0.25) is 18.1 Å². The predicted octanol–water partition coefficient (Wildman–Crippen LogP) is 4.62. The minimum atomic E-state index is -2.21. The number of hydrogen-bond donors (Lipinski definition) is 0. The minimum absolute atomic E-state index is 0.0523. The van der Waals surface area contributed by atoms with E-state index in [2.05, 4.69) is 33.9 Å². The van der Waals surface area contributed by atoms with E-state index in [4.69, 9.17) is 13.9 Å². The molecule has 0 N–H and O–H groups in total. The molecule has 0 aliphatic rings. The predicted molar refractivity (Wildman–Crippen MR) is 113 cm³/mol. The highest BCUT2D eigenvalue weighted by atomic mass is 28.4. The molecule has 0 bridgehead atoms. The zero-order chi connectivity index (χ0) is 22.4. The number of carbonyl (C=O) groups excluding carboxylic acids is 1. The zero-order valence-electron chi connectivity index (χ0n) is 18.8. The van der Waals surface area contributed by atoms with Gasteiger partial charge in [-0.3, -0.25) is 9.69 Å². The lowest BCUT2D eigenvalue weighted by atomic mass is 10.1. The number of carbonyl (C=O) groups is 1. The molecule has 2 unspecified atom stereocenters. The van der Waals surface area contributed by atoms with Gasteiger partial charge in [-0.25, -0.2) is 8.78 Å². The van der Waals surface area contributed by atoms with Crippen LogP contribution in [0.5, 0.6) is 5.75 Å². The molecule has 166 valence electrons. The second kappa shape index (κ2) is 10.5. The Morgan fingerprint density at radius 2 is 1.72 bits per heavy atom. The van der Waals surface area contributed by atoms with Gasteiger partial charge in [0, 0.05) is 18.2 Å². The van der Waals surface area contributed by atoms with E-state index in [0.29, 0.717) is 6.54 Å². The minimum Gasteiger partial charge on any atom is -0.492 e. The highest BCUT2D eigenvalue weighted by Crippen LogP contribution is 2.38. The van der Waals surface area contributed by atoms with Crippen molar-refractivity contribution in [2.75, 3.05) is 27.3 Å². The van der Waals surface area contributed by atoms with Crippen molar-refractivity contribution in [2.45, 2.75) is 64.4 Å². The molecule has 0 aliphatic carbocycles. The number of halogens is 2. The third-order valence-corrected chi connectivity index (χ3v) is 10.1. The van der Waals surface area contributed by atoms with Crippen molar-refractivity contribution in [1.29, 1.82) is 0 Å². The molecule has 0 saturated heterocycles. The number of benzene rings is 1. The number of rotatable bonds is 10. The Morgan fingerprint density at radius 1 is 1.17 bits per heavy atom. The number of hydrogen-bond acceptors (Lipinski definition) is 5. The summed E-state index contributed by atoms with van der Waals surface area (Å²) in [6, 6.07) is 2.76. The average Bonchev–Trinajstić information content (AvgIpc) is 2.59. The third-order valence-electron chi connectivity index (χ3n) is 5.60. The van der Waals surface area contributed by atoms with Crippen LogP contribution >= 0.6 is 0 Å². The van der Waals surface area contributed by atoms with Crippen molar-refractivity contribution in [3.05, 3.63) is 29.8 Å². The fourth-order valence-electron chi connectivity index (χ4n) is 2.61. The third kappa shape index (κ3) is 7.68. The largest absolute Gasteiger partial charge is 0.492 e. The van der Waals surface area contributed by atoms with E-state index in [-0.39, 0.29) is 35.8 Å². The van der Waals surface area contributed by atoms with Crippen LogP contribution in [0.4, 0.5) is 8.78 Å². The van der Waals surface area contributed by atoms with Crippen LogP contribution in [-0.4, -0.2) is 58.6 Å². The van der Waals surface area contributed by atoms with Crippen molar-refractivity contribution < 1.29 is 27.5 Å². The van der Waals surface area contributed by atoms with Crippen molar-refractivity contribution in [3.63, 3.8) is 0 Å². The number of methoxy groups -OCH3 is 1. The van der Waals surface area contributed by atoms with Gasteiger partial charge in [0.25, 0.3) is 0 Å². The lowest BCUT2D eigenvalue weighted by Crippen LogP contribution is -2.53. The first-order chi connectivity index (χ1) is 13.3. The van der Waals surface area contributed by atoms with Gasteiger partial charge in [0.2, 0.25) is 0 Å². The van der Waals surface area contributed by atoms with Gasteiger partial charge in [0.1, 0.15) is 24.0 Å². The van der Waals surface area contributed by atoms with E-state index in [0.717, 1.165) is 18.2 Å². The SMILES string of the molecule is CCN(C)C(COc1cc(F)cc(F)c1)C(CC(=O)OC)O[Si](C)(C)C(C)(C)C. The van der Waals surface area contributed by atoms with Crippen molar-refractivity contribution >= 4 is 14.3 Å². The van der Waals surface area contributed by atoms with E-state index in [1.807, 2.05) is 18.9 Å². The molecule has 8 heteroatoms. The maximum atomic E-state index is 13.5. The number of likely N-dealkylation sites (N-methyl/N-ethyl adjacent to an activating group) is 1. The Labute approximate surface area is 174 Å². The summed E-state index contributed by atoms with van der Waals surface area (Å²) in [5.74, 6) is -1.69. The molecular weight excluding hydrogens is 396 g/mol. The monoisotopic (exact) mass is 431 g/mol. The van der Waals surface area contributed by atoms with Crippen LogP contribution in [0, 0.1) is 11.6 Å². The molecule has 0 aliphatic heterocycles. The molecular formula is C21H35F2NO4Si. The highest BCUT2D eigenvalue weighted by molar-refractivity contribution is 6.74. The fraction of sp³-hybridized carbons (Fsp3) is 0.667. The summed E-state index contributed by atoms with van der Waals surface area (Å²) >= 11 is 0. The lowest BCUT2D eigenvalue weighted by molar-refractivity contribution is -0.143. The molecule has 0 radical (unpaired) electrons. The van der Waals surface area contributed by atoms with Crippen LogP contribution in [-0.2, 0) is 14.0 Å². The Kier molecular flexibility index (Phi) is 9.24. The normalized spacial score (nSPS) is 14.6. The smallest absolute Gasteiger partial charge is 0.308 e. The first-order valence-corrected chi connectivity index (χ1v) is 12.7. The molecule has 1 aromatic rings.